The lowest BCUT2D eigenvalue weighted by Gasteiger charge is -2.19. The predicted molar refractivity (Wildman–Crippen MR) is 59.7 cm³/mol. The molecule has 1 rings (SSSR count). The Labute approximate surface area is 88.8 Å². The van der Waals surface area contributed by atoms with Crippen molar-refractivity contribution in [3.05, 3.63) is 17.7 Å². The van der Waals surface area contributed by atoms with Gasteiger partial charge in [-0.05, 0) is 17.3 Å². The van der Waals surface area contributed by atoms with Crippen LogP contribution in [0.15, 0.2) is 12.1 Å². The Morgan fingerprint density at radius 2 is 1.73 bits per heavy atom. The molecule has 0 atom stereocenters. The summed E-state index contributed by atoms with van der Waals surface area (Å²) in [7, 11) is -1.86. The van der Waals surface area contributed by atoms with E-state index in [4.69, 9.17) is 5.11 Å². The van der Waals surface area contributed by atoms with Gasteiger partial charge in [0.25, 0.3) is 0 Å². The van der Waals surface area contributed by atoms with Crippen LogP contribution in [0.1, 0.15) is 10.4 Å². The molecule has 0 aliphatic carbocycles. The Bertz CT molecular complexity index is 407. The van der Waals surface area contributed by atoms with Gasteiger partial charge < -0.3 is 15.3 Å². The van der Waals surface area contributed by atoms with E-state index in [9.17, 15) is 15.0 Å². The van der Waals surface area contributed by atoms with E-state index in [0.29, 0.717) is 5.19 Å². The maximum atomic E-state index is 10.8. The van der Waals surface area contributed by atoms with Gasteiger partial charge in [0, 0.05) is 0 Å². The maximum Gasteiger partial charge on any atom is 0.339 e. The molecule has 0 aromatic heterocycles. The van der Waals surface area contributed by atoms with Crippen LogP contribution >= 0.6 is 0 Å². The number of hydrogen-bond acceptors (Lipinski definition) is 3. The molecule has 1 aromatic rings. The Morgan fingerprint density at radius 1 is 1.20 bits per heavy atom. The van der Waals surface area contributed by atoms with Crippen LogP contribution in [0, 0.1) is 0 Å². The summed E-state index contributed by atoms with van der Waals surface area (Å²) in [5, 5.41) is 28.5. The van der Waals surface area contributed by atoms with Crippen molar-refractivity contribution in [2.45, 2.75) is 19.6 Å². The van der Waals surface area contributed by atoms with Crippen LogP contribution in [0.2, 0.25) is 19.6 Å². The molecule has 0 amide bonds. The zero-order valence-electron chi connectivity index (χ0n) is 8.90. The first-order valence-corrected chi connectivity index (χ1v) is 8.03. The van der Waals surface area contributed by atoms with Gasteiger partial charge in [0.2, 0.25) is 0 Å². The van der Waals surface area contributed by atoms with E-state index in [1.165, 1.54) is 6.07 Å². The van der Waals surface area contributed by atoms with Gasteiger partial charge in [-0.15, -0.1) is 0 Å². The standard InChI is InChI=1S/C10H14O4Si/c1-15(2,3)8-5-6(11)4-7(9(8)12)10(13)14/h4-5,11-12H,1-3H3,(H,13,14). The van der Waals surface area contributed by atoms with E-state index >= 15 is 0 Å². The summed E-state index contributed by atoms with van der Waals surface area (Å²) in [4.78, 5) is 10.8. The first-order valence-electron chi connectivity index (χ1n) is 4.53. The number of aromatic carboxylic acids is 1. The molecule has 0 saturated heterocycles. The fourth-order valence-corrected chi connectivity index (χ4v) is 2.78. The minimum Gasteiger partial charge on any atom is -0.508 e. The van der Waals surface area contributed by atoms with Crippen molar-refractivity contribution < 1.29 is 20.1 Å². The van der Waals surface area contributed by atoms with Crippen molar-refractivity contribution in [1.82, 2.24) is 0 Å². The zero-order chi connectivity index (χ0) is 11.8. The number of hydrogen-bond donors (Lipinski definition) is 3. The Morgan fingerprint density at radius 3 is 2.13 bits per heavy atom. The molecule has 0 spiro atoms. The van der Waals surface area contributed by atoms with Crippen LogP contribution < -0.4 is 5.19 Å². The van der Waals surface area contributed by atoms with Crippen molar-refractivity contribution in [1.29, 1.82) is 0 Å². The van der Waals surface area contributed by atoms with Gasteiger partial charge in [-0.25, -0.2) is 4.79 Å². The van der Waals surface area contributed by atoms with E-state index in [2.05, 4.69) is 0 Å². The zero-order valence-corrected chi connectivity index (χ0v) is 9.90. The average molecular weight is 226 g/mol. The number of phenolic OH excluding ortho intramolecular Hbond substituents is 1. The summed E-state index contributed by atoms with van der Waals surface area (Å²) in [5.41, 5.74) is -0.243. The number of carbonyl (C=O) groups is 1. The Hall–Kier alpha value is -1.49. The van der Waals surface area contributed by atoms with Crippen molar-refractivity contribution in [2.75, 3.05) is 0 Å². The van der Waals surface area contributed by atoms with Crippen molar-refractivity contribution in [3.63, 3.8) is 0 Å². The molecular weight excluding hydrogens is 212 g/mol. The summed E-state index contributed by atoms with van der Waals surface area (Å²) in [6, 6.07) is 2.50. The van der Waals surface area contributed by atoms with Crippen LogP contribution in [0.3, 0.4) is 0 Å². The molecule has 4 nitrogen and oxygen atoms in total. The summed E-state index contributed by atoms with van der Waals surface area (Å²) >= 11 is 0. The highest BCUT2D eigenvalue weighted by Gasteiger charge is 2.25. The Balaban J connectivity index is 3.49. The smallest absolute Gasteiger partial charge is 0.339 e. The number of carboxylic acid groups (broad SMARTS) is 1. The quantitative estimate of drug-likeness (QED) is 0.525. The third-order valence-electron chi connectivity index (χ3n) is 2.13. The molecule has 5 heteroatoms. The molecule has 0 aliphatic rings. The predicted octanol–water partition coefficient (Wildman–Crippen LogP) is 1.34. The van der Waals surface area contributed by atoms with Crippen LogP contribution in [0.25, 0.3) is 0 Å². The van der Waals surface area contributed by atoms with Gasteiger partial charge >= 0.3 is 5.97 Å². The summed E-state index contributed by atoms with van der Waals surface area (Å²) in [6.45, 7) is 5.90. The van der Waals surface area contributed by atoms with Crippen LogP contribution in [0.4, 0.5) is 0 Å². The van der Waals surface area contributed by atoms with Gasteiger partial charge in [-0.3, -0.25) is 0 Å². The van der Waals surface area contributed by atoms with E-state index in [1.54, 1.807) is 0 Å². The van der Waals surface area contributed by atoms with Crippen LogP contribution in [-0.2, 0) is 0 Å². The van der Waals surface area contributed by atoms with Gasteiger partial charge in [0.15, 0.2) is 0 Å². The van der Waals surface area contributed by atoms with E-state index < -0.39 is 14.0 Å². The molecule has 0 radical (unpaired) electrons. The number of phenols is 2. The fourth-order valence-electron chi connectivity index (χ4n) is 1.35. The van der Waals surface area contributed by atoms with Crippen molar-refractivity contribution >= 4 is 19.2 Å². The highest BCUT2D eigenvalue weighted by molar-refractivity contribution is 6.89. The van der Waals surface area contributed by atoms with E-state index in [1.807, 2.05) is 19.6 Å². The minimum atomic E-state index is -1.86. The molecule has 0 aliphatic heterocycles. The van der Waals surface area contributed by atoms with Gasteiger partial charge in [-0.2, -0.15) is 0 Å². The van der Waals surface area contributed by atoms with Crippen molar-refractivity contribution in [3.8, 4) is 11.5 Å². The minimum absolute atomic E-state index is 0.123. The molecule has 0 saturated carbocycles. The third kappa shape index (κ3) is 2.30. The Kier molecular flexibility index (Phi) is 2.76. The lowest BCUT2D eigenvalue weighted by molar-refractivity contribution is 0.0693. The highest BCUT2D eigenvalue weighted by atomic mass is 28.3. The van der Waals surface area contributed by atoms with E-state index in [0.717, 1.165) is 6.07 Å². The molecule has 82 valence electrons. The molecular formula is C10H14O4Si. The second kappa shape index (κ2) is 3.58. The lowest BCUT2D eigenvalue weighted by atomic mass is 10.2. The third-order valence-corrected chi connectivity index (χ3v) is 4.13. The number of benzene rings is 1. The summed E-state index contributed by atoms with van der Waals surface area (Å²) in [5.74, 6) is -1.58. The first-order chi connectivity index (χ1) is 6.73. The summed E-state index contributed by atoms with van der Waals surface area (Å²) < 4.78 is 0. The number of aromatic hydroxyl groups is 2. The molecule has 0 heterocycles. The lowest BCUT2D eigenvalue weighted by Crippen LogP contribution is -2.38. The molecule has 15 heavy (non-hydrogen) atoms. The summed E-state index contributed by atoms with van der Waals surface area (Å²) in [6.07, 6.45) is 0. The number of rotatable bonds is 2. The molecule has 0 unspecified atom stereocenters. The van der Waals surface area contributed by atoms with Crippen molar-refractivity contribution in [2.24, 2.45) is 0 Å². The monoisotopic (exact) mass is 226 g/mol. The highest BCUT2D eigenvalue weighted by Crippen LogP contribution is 2.23. The molecule has 0 bridgehead atoms. The van der Waals surface area contributed by atoms with Crippen LogP contribution in [-0.4, -0.2) is 29.4 Å². The number of carboxylic acids is 1. The molecule has 0 fully saturated rings. The largest absolute Gasteiger partial charge is 0.508 e. The van der Waals surface area contributed by atoms with Gasteiger partial charge in [-0.1, -0.05) is 19.6 Å². The van der Waals surface area contributed by atoms with Crippen LogP contribution in [0.5, 0.6) is 11.5 Å². The fraction of sp³-hybridized carbons (Fsp3) is 0.300. The topological polar surface area (TPSA) is 77.8 Å². The SMILES string of the molecule is C[Si](C)(C)c1cc(O)cc(C(=O)O)c1O. The second-order valence-electron chi connectivity index (χ2n) is 4.44. The average Bonchev–Trinajstić information content (AvgIpc) is 2.06. The second-order valence-corrected chi connectivity index (χ2v) is 9.48. The van der Waals surface area contributed by atoms with Gasteiger partial charge in [0.1, 0.15) is 17.1 Å². The maximum absolute atomic E-state index is 10.8. The van der Waals surface area contributed by atoms with E-state index in [-0.39, 0.29) is 17.1 Å². The molecule has 1 aromatic carbocycles. The van der Waals surface area contributed by atoms with Gasteiger partial charge in [0.05, 0.1) is 8.07 Å². The molecule has 3 N–H and O–H groups in total. The normalized spacial score (nSPS) is 11.4. The first kappa shape index (κ1) is 11.6.